The molecule has 2 aromatic rings. The minimum atomic E-state index is 0.0582. The van der Waals surface area contributed by atoms with Crippen LogP contribution in [0.15, 0.2) is 42.5 Å². The van der Waals surface area contributed by atoms with E-state index in [1.165, 1.54) is 0 Å². The van der Waals surface area contributed by atoms with Gasteiger partial charge in [0.1, 0.15) is 11.5 Å². The Morgan fingerprint density at radius 3 is 2.53 bits per heavy atom. The van der Waals surface area contributed by atoms with E-state index in [1.54, 1.807) is 18.2 Å². The van der Waals surface area contributed by atoms with Crippen LogP contribution in [0.4, 0.5) is 0 Å². The largest absolute Gasteiger partial charge is 0.457 e. The maximum atomic E-state index is 6.01. The lowest BCUT2D eigenvalue weighted by Crippen LogP contribution is -2.18. The summed E-state index contributed by atoms with van der Waals surface area (Å²) in [7, 11) is 0. The van der Waals surface area contributed by atoms with Gasteiger partial charge in [0.05, 0.1) is 0 Å². The number of halogens is 2. The Bertz CT molecular complexity index is 570. The van der Waals surface area contributed by atoms with E-state index in [2.05, 4.69) is 0 Å². The molecular formula is C15H15Cl2NO. The smallest absolute Gasteiger partial charge is 0.132 e. The van der Waals surface area contributed by atoms with Crippen molar-refractivity contribution in [2.45, 2.75) is 19.4 Å². The number of ether oxygens (including phenoxy) is 1. The van der Waals surface area contributed by atoms with Crippen molar-refractivity contribution >= 4 is 23.2 Å². The molecule has 0 amide bonds. The predicted molar refractivity (Wildman–Crippen MR) is 80.3 cm³/mol. The van der Waals surface area contributed by atoms with Gasteiger partial charge in [0.2, 0.25) is 0 Å². The van der Waals surface area contributed by atoms with E-state index >= 15 is 0 Å². The Hall–Kier alpha value is -1.22. The van der Waals surface area contributed by atoms with Gasteiger partial charge in [-0.15, -0.1) is 0 Å². The number of hydrogen-bond donors (Lipinski definition) is 1. The molecule has 1 unspecified atom stereocenters. The van der Waals surface area contributed by atoms with E-state index in [-0.39, 0.29) is 6.04 Å². The quantitative estimate of drug-likeness (QED) is 0.889. The minimum absolute atomic E-state index is 0.0582. The zero-order valence-corrected chi connectivity index (χ0v) is 12.1. The van der Waals surface area contributed by atoms with Crippen LogP contribution in [0.25, 0.3) is 0 Å². The Morgan fingerprint density at radius 1 is 1.11 bits per heavy atom. The Balaban J connectivity index is 2.30. The van der Waals surface area contributed by atoms with E-state index in [0.717, 1.165) is 12.0 Å². The fraction of sp³-hybridized carbons (Fsp3) is 0.200. The average molecular weight is 296 g/mol. The molecule has 4 heteroatoms. The summed E-state index contributed by atoms with van der Waals surface area (Å²) < 4.78 is 5.85. The van der Waals surface area contributed by atoms with Crippen LogP contribution in [0.1, 0.15) is 12.5 Å². The van der Waals surface area contributed by atoms with Crippen LogP contribution in [-0.4, -0.2) is 6.04 Å². The second-order valence-electron chi connectivity index (χ2n) is 4.49. The summed E-state index contributed by atoms with van der Waals surface area (Å²) in [4.78, 5) is 0. The molecule has 0 aromatic heterocycles. The first kappa shape index (κ1) is 14.2. The molecule has 0 aliphatic rings. The highest BCUT2D eigenvalue weighted by Gasteiger charge is 2.08. The van der Waals surface area contributed by atoms with Crippen LogP contribution >= 0.6 is 23.2 Å². The Kier molecular flexibility index (Phi) is 4.70. The number of hydrogen-bond acceptors (Lipinski definition) is 2. The summed E-state index contributed by atoms with van der Waals surface area (Å²) in [5.74, 6) is 1.40. The third-order valence-electron chi connectivity index (χ3n) is 2.59. The SMILES string of the molecule is CC(N)Cc1ccc(Cl)cc1Oc1cccc(Cl)c1. The highest BCUT2D eigenvalue weighted by Crippen LogP contribution is 2.30. The second kappa shape index (κ2) is 6.29. The van der Waals surface area contributed by atoms with E-state index in [9.17, 15) is 0 Å². The van der Waals surface area contributed by atoms with E-state index in [4.69, 9.17) is 33.7 Å². The summed E-state index contributed by atoms with van der Waals surface area (Å²) in [5.41, 5.74) is 6.87. The molecule has 0 aliphatic carbocycles. The first-order valence-corrected chi connectivity index (χ1v) is 6.77. The molecule has 0 radical (unpaired) electrons. The maximum absolute atomic E-state index is 6.01. The third-order valence-corrected chi connectivity index (χ3v) is 3.07. The molecular weight excluding hydrogens is 281 g/mol. The van der Waals surface area contributed by atoms with Crippen molar-refractivity contribution in [2.24, 2.45) is 5.73 Å². The van der Waals surface area contributed by atoms with Gasteiger partial charge >= 0.3 is 0 Å². The molecule has 0 saturated carbocycles. The average Bonchev–Trinajstić information content (AvgIpc) is 2.32. The second-order valence-corrected chi connectivity index (χ2v) is 5.37. The highest BCUT2D eigenvalue weighted by molar-refractivity contribution is 6.31. The summed E-state index contributed by atoms with van der Waals surface area (Å²) in [5, 5.41) is 1.26. The molecule has 2 N–H and O–H groups in total. The predicted octanol–water partition coefficient (Wildman–Crippen LogP) is 4.68. The molecule has 19 heavy (non-hydrogen) atoms. The van der Waals surface area contributed by atoms with Crippen LogP contribution in [-0.2, 0) is 6.42 Å². The molecule has 2 rings (SSSR count). The van der Waals surface area contributed by atoms with E-state index in [0.29, 0.717) is 21.5 Å². The minimum Gasteiger partial charge on any atom is -0.457 e. The maximum Gasteiger partial charge on any atom is 0.132 e. The van der Waals surface area contributed by atoms with Crippen LogP contribution in [0.2, 0.25) is 10.0 Å². The summed E-state index contributed by atoms with van der Waals surface area (Å²) in [6.45, 7) is 1.96. The molecule has 0 saturated heterocycles. The molecule has 0 bridgehead atoms. The standard InChI is InChI=1S/C15H15Cl2NO/c1-10(18)7-11-5-6-13(17)9-15(11)19-14-4-2-3-12(16)8-14/h2-6,8-10H,7,18H2,1H3. The van der Waals surface area contributed by atoms with Crippen molar-refractivity contribution in [3.63, 3.8) is 0 Å². The van der Waals surface area contributed by atoms with Crippen LogP contribution in [0.5, 0.6) is 11.5 Å². The van der Waals surface area contributed by atoms with Crippen molar-refractivity contribution in [3.8, 4) is 11.5 Å². The van der Waals surface area contributed by atoms with E-state index in [1.807, 2.05) is 31.2 Å². The Labute approximate surface area is 123 Å². The normalized spacial score (nSPS) is 12.2. The van der Waals surface area contributed by atoms with Gasteiger partial charge in [-0.2, -0.15) is 0 Å². The van der Waals surface area contributed by atoms with Gasteiger partial charge < -0.3 is 10.5 Å². The number of benzene rings is 2. The lowest BCUT2D eigenvalue weighted by atomic mass is 10.1. The van der Waals surface area contributed by atoms with Crippen molar-refractivity contribution in [1.82, 2.24) is 0 Å². The zero-order valence-electron chi connectivity index (χ0n) is 10.6. The lowest BCUT2D eigenvalue weighted by Gasteiger charge is -2.13. The van der Waals surface area contributed by atoms with Crippen molar-refractivity contribution in [1.29, 1.82) is 0 Å². The molecule has 2 nitrogen and oxygen atoms in total. The molecule has 0 aliphatic heterocycles. The van der Waals surface area contributed by atoms with Crippen LogP contribution in [0, 0.1) is 0 Å². The number of nitrogens with two attached hydrogens (primary N) is 1. The molecule has 0 fully saturated rings. The van der Waals surface area contributed by atoms with Crippen molar-refractivity contribution < 1.29 is 4.74 Å². The van der Waals surface area contributed by atoms with Gasteiger partial charge in [0.15, 0.2) is 0 Å². The third kappa shape index (κ3) is 4.13. The first-order chi connectivity index (χ1) is 9.04. The number of rotatable bonds is 4. The summed E-state index contributed by atoms with van der Waals surface area (Å²) in [6.07, 6.45) is 0.729. The van der Waals surface area contributed by atoms with Crippen molar-refractivity contribution in [3.05, 3.63) is 58.1 Å². The molecule has 0 spiro atoms. The monoisotopic (exact) mass is 295 g/mol. The molecule has 100 valence electrons. The molecule has 1 atom stereocenters. The summed E-state index contributed by atoms with van der Waals surface area (Å²) >= 11 is 12.0. The van der Waals surface area contributed by atoms with Gasteiger partial charge in [-0.05, 0) is 49.2 Å². The lowest BCUT2D eigenvalue weighted by molar-refractivity contribution is 0.474. The highest BCUT2D eigenvalue weighted by atomic mass is 35.5. The zero-order chi connectivity index (χ0) is 13.8. The van der Waals surface area contributed by atoms with Crippen molar-refractivity contribution in [2.75, 3.05) is 0 Å². The topological polar surface area (TPSA) is 35.2 Å². The van der Waals surface area contributed by atoms with Gasteiger partial charge in [-0.1, -0.05) is 35.3 Å². The van der Waals surface area contributed by atoms with Crippen LogP contribution in [0.3, 0.4) is 0 Å². The summed E-state index contributed by atoms with van der Waals surface area (Å²) in [6, 6.07) is 12.9. The first-order valence-electron chi connectivity index (χ1n) is 6.02. The Morgan fingerprint density at radius 2 is 1.84 bits per heavy atom. The molecule has 2 aromatic carbocycles. The molecule has 0 heterocycles. The van der Waals surface area contributed by atoms with Gasteiger partial charge in [-0.25, -0.2) is 0 Å². The van der Waals surface area contributed by atoms with Crippen LogP contribution < -0.4 is 10.5 Å². The van der Waals surface area contributed by atoms with E-state index < -0.39 is 0 Å². The fourth-order valence-electron chi connectivity index (χ4n) is 1.80. The van der Waals surface area contributed by atoms with Gasteiger partial charge in [0.25, 0.3) is 0 Å². The van der Waals surface area contributed by atoms with Gasteiger partial charge in [0, 0.05) is 16.1 Å². The van der Waals surface area contributed by atoms with Gasteiger partial charge in [-0.3, -0.25) is 0 Å². The fourth-order valence-corrected chi connectivity index (χ4v) is 2.14.